The van der Waals surface area contributed by atoms with Gasteiger partial charge in [0.15, 0.2) is 23.1 Å². The van der Waals surface area contributed by atoms with Crippen LogP contribution in [0.1, 0.15) is 22.6 Å². The SMILES string of the molecule is C1=CC2=CCc3ccc(-c4nc(-c5ccc(-c6nc7ccccc7c7c6oc6ccccc67)cc5)nc(-c5cccc(-c6cccc7ccccc67)c5)n4)c4c3C2C(=C1)C=C4. The summed E-state index contributed by atoms with van der Waals surface area (Å²) >= 11 is 0. The van der Waals surface area contributed by atoms with E-state index in [1.54, 1.807) is 0 Å². The molecule has 1 atom stereocenters. The van der Waals surface area contributed by atoms with Gasteiger partial charge in [-0.3, -0.25) is 0 Å². The van der Waals surface area contributed by atoms with E-state index in [2.05, 4.69) is 170 Å². The van der Waals surface area contributed by atoms with Crippen molar-refractivity contribution in [3.05, 3.63) is 210 Å². The maximum atomic E-state index is 6.54. The summed E-state index contributed by atoms with van der Waals surface area (Å²) in [6, 6.07) is 52.9. The molecule has 284 valence electrons. The molecule has 5 heteroatoms. The molecule has 10 aromatic rings. The molecule has 1 unspecified atom stereocenters. The highest BCUT2D eigenvalue weighted by atomic mass is 16.3. The molecular weight excluding hydrogens is 745 g/mol. The van der Waals surface area contributed by atoms with Gasteiger partial charge in [0.25, 0.3) is 0 Å². The Morgan fingerprint density at radius 1 is 0.508 bits per heavy atom. The summed E-state index contributed by atoms with van der Waals surface area (Å²) in [5.41, 5.74) is 16.0. The van der Waals surface area contributed by atoms with E-state index in [1.165, 1.54) is 44.2 Å². The van der Waals surface area contributed by atoms with Crippen molar-refractivity contribution in [3.63, 3.8) is 0 Å². The molecule has 0 saturated carbocycles. The highest BCUT2D eigenvalue weighted by Crippen LogP contribution is 2.48. The number of aromatic nitrogens is 4. The van der Waals surface area contributed by atoms with Crippen LogP contribution in [0.15, 0.2) is 198 Å². The molecular formula is C56H34N4O. The summed E-state index contributed by atoms with van der Waals surface area (Å²) in [5, 5.41) is 5.65. The maximum absolute atomic E-state index is 6.54. The summed E-state index contributed by atoms with van der Waals surface area (Å²) in [6.07, 6.45) is 14.5. The van der Waals surface area contributed by atoms with Gasteiger partial charge in [0.2, 0.25) is 0 Å². The van der Waals surface area contributed by atoms with Crippen LogP contribution in [0.5, 0.6) is 0 Å². The van der Waals surface area contributed by atoms with Crippen LogP contribution in [0.3, 0.4) is 0 Å². The zero-order valence-electron chi connectivity index (χ0n) is 32.9. The predicted molar refractivity (Wildman–Crippen MR) is 248 cm³/mol. The van der Waals surface area contributed by atoms with E-state index in [4.69, 9.17) is 24.4 Å². The topological polar surface area (TPSA) is 64.7 Å². The third-order valence-electron chi connectivity index (χ3n) is 12.6. The molecule has 3 aliphatic rings. The third-order valence-corrected chi connectivity index (χ3v) is 12.6. The second-order valence-corrected chi connectivity index (χ2v) is 16.1. The van der Waals surface area contributed by atoms with E-state index in [0.717, 1.165) is 72.8 Å². The second-order valence-electron chi connectivity index (χ2n) is 16.1. The monoisotopic (exact) mass is 778 g/mol. The minimum atomic E-state index is 0.223. The van der Waals surface area contributed by atoms with Crippen molar-refractivity contribution in [1.82, 2.24) is 19.9 Å². The molecule has 13 rings (SSSR count). The molecule has 0 aliphatic heterocycles. The predicted octanol–water partition coefficient (Wildman–Crippen LogP) is 13.9. The van der Waals surface area contributed by atoms with Crippen molar-refractivity contribution < 1.29 is 4.42 Å². The molecule has 7 aromatic carbocycles. The Morgan fingerprint density at radius 2 is 1.25 bits per heavy atom. The zero-order valence-corrected chi connectivity index (χ0v) is 32.9. The molecule has 0 N–H and O–H groups in total. The van der Waals surface area contributed by atoms with Gasteiger partial charge in [0.05, 0.1) is 5.52 Å². The van der Waals surface area contributed by atoms with E-state index in [-0.39, 0.29) is 5.92 Å². The zero-order chi connectivity index (χ0) is 40.0. The first kappa shape index (κ1) is 33.9. The van der Waals surface area contributed by atoms with Crippen molar-refractivity contribution >= 4 is 49.7 Å². The lowest BCUT2D eigenvalue weighted by Crippen LogP contribution is -2.18. The van der Waals surface area contributed by atoms with Crippen molar-refractivity contribution in [1.29, 1.82) is 0 Å². The number of nitrogens with zero attached hydrogens (tertiary/aromatic N) is 4. The van der Waals surface area contributed by atoms with E-state index in [9.17, 15) is 0 Å². The molecule has 0 bridgehead atoms. The molecule has 61 heavy (non-hydrogen) atoms. The van der Waals surface area contributed by atoms with Crippen molar-refractivity contribution in [3.8, 4) is 56.5 Å². The van der Waals surface area contributed by atoms with Crippen molar-refractivity contribution in [2.45, 2.75) is 12.3 Å². The number of allylic oxidation sites excluding steroid dienone is 7. The Kier molecular flexibility index (Phi) is 7.36. The van der Waals surface area contributed by atoms with Crippen LogP contribution in [0.25, 0.3) is 106 Å². The quantitative estimate of drug-likeness (QED) is 0.174. The number of fused-ring (bicyclic) bond motifs is 6. The minimum Gasteiger partial charge on any atom is -0.454 e. The van der Waals surface area contributed by atoms with Crippen LogP contribution < -0.4 is 0 Å². The van der Waals surface area contributed by atoms with Gasteiger partial charge >= 0.3 is 0 Å². The average Bonchev–Trinajstić information content (AvgIpc) is 3.73. The number of furan rings is 1. The molecule has 3 aliphatic carbocycles. The van der Waals surface area contributed by atoms with Gasteiger partial charge in [-0.05, 0) is 74.4 Å². The van der Waals surface area contributed by atoms with Gasteiger partial charge in [-0.1, -0.05) is 170 Å². The molecule has 3 heterocycles. The molecule has 0 amide bonds. The van der Waals surface area contributed by atoms with Crippen molar-refractivity contribution in [2.75, 3.05) is 0 Å². The Morgan fingerprint density at radius 3 is 2.16 bits per heavy atom. The Labute approximate surface area is 351 Å². The Hall–Kier alpha value is -8.02. The molecule has 0 saturated heterocycles. The van der Waals surface area contributed by atoms with Gasteiger partial charge in [0, 0.05) is 44.3 Å². The number of benzene rings is 7. The summed E-state index contributed by atoms with van der Waals surface area (Å²) in [4.78, 5) is 21.0. The standard InChI is InChI=1S/C56H34N4O/c1-2-16-41-33(10-1)11-9-19-42(41)39-14-8-15-40(32-39)55-58-54(59-56(60-55)44-31-29-36-23-22-34-12-7-13-35-28-30-43(44)50(36)49(34)35)38-26-24-37(25-27-38)52-53-51(45-17-3-5-20-47(45)57-52)46-18-4-6-21-48(46)61-53/h1-22,24-32,49H,23H2. The number of rotatable bonds is 5. The normalized spacial score (nSPS) is 15.0. The fourth-order valence-electron chi connectivity index (χ4n) is 9.77. The molecule has 0 spiro atoms. The van der Waals surface area contributed by atoms with Crippen LogP contribution >= 0.6 is 0 Å². The first-order valence-electron chi connectivity index (χ1n) is 20.8. The lowest BCUT2D eigenvalue weighted by atomic mass is 9.70. The number of para-hydroxylation sites is 2. The summed E-state index contributed by atoms with van der Waals surface area (Å²) in [7, 11) is 0. The van der Waals surface area contributed by atoms with Crippen molar-refractivity contribution in [2.24, 2.45) is 0 Å². The largest absolute Gasteiger partial charge is 0.454 e. The smallest absolute Gasteiger partial charge is 0.164 e. The lowest BCUT2D eigenvalue weighted by molar-refractivity contribution is 0.669. The highest BCUT2D eigenvalue weighted by Gasteiger charge is 2.32. The maximum Gasteiger partial charge on any atom is 0.164 e. The molecule has 0 fully saturated rings. The first-order chi connectivity index (χ1) is 30.2. The molecule has 5 nitrogen and oxygen atoms in total. The second kappa shape index (κ2) is 13.2. The fourth-order valence-corrected chi connectivity index (χ4v) is 9.77. The number of hydrogen-bond acceptors (Lipinski definition) is 5. The minimum absolute atomic E-state index is 0.223. The van der Waals surface area contributed by atoms with E-state index >= 15 is 0 Å². The van der Waals surface area contributed by atoms with Crippen LogP contribution in [-0.2, 0) is 6.42 Å². The van der Waals surface area contributed by atoms with Crippen LogP contribution in [0, 0.1) is 0 Å². The van der Waals surface area contributed by atoms with Gasteiger partial charge in [-0.25, -0.2) is 19.9 Å². The highest BCUT2D eigenvalue weighted by molar-refractivity contribution is 6.20. The van der Waals surface area contributed by atoms with Crippen LogP contribution in [0.2, 0.25) is 0 Å². The number of pyridine rings is 1. The Balaban J connectivity index is 0.980. The Bertz CT molecular complexity index is 3620. The van der Waals surface area contributed by atoms with E-state index in [1.807, 2.05) is 18.2 Å². The summed E-state index contributed by atoms with van der Waals surface area (Å²) < 4.78 is 6.54. The molecule has 3 aromatic heterocycles. The summed E-state index contributed by atoms with van der Waals surface area (Å²) in [5.74, 6) is 2.10. The lowest BCUT2D eigenvalue weighted by Gasteiger charge is -2.33. The average molecular weight is 779 g/mol. The van der Waals surface area contributed by atoms with E-state index < -0.39 is 0 Å². The van der Waals surface area contributed by atoms with Crippen LogP contribution in [-0.4, -0.2) is 19.9 Å². The molecule has 0 radical (unpaired) electrons. The van der Waals surface area contributed by atoms with Crippen LogP contribution in [0.4, 0.5) is 0 Å². The van der Waals surface area contributed by atoms with E-state index in [0.29, 0.717) is 17.5 Å². The summed E-state index contributed by atoms with van der Waals surface area (Å²) in [6.45, 7) is 0. The van der Waals surface area contributed by atoms with Gasteiger partial charge in [0.1, 0.15) is 11.3 Å². The number of hydrogen-bond donors (Lipinski definition) is 0. The van der Waals surface area contributed by atoms with Gasteiger partial charge < -0.3 is 4.42 Å². The first-order valence-corrected chi connectivity index (χ1v) is 20.8. The third kappa shape index (κ3) is 5.34. The van der Waals surface area contributed by atoms with Gasteiger partial charge in [-0.15, -0.1) is 0 Å². The van der Waals surface area contributed by atoms with Gasteiger partial charge in [-0.2, -0.15) is 0 Å². The fraction of sp³-hybridized carbons (Fsp3) is 0.0357.